The van der Waals surface area contributed by atoms with E-state index in [0.29, 0.717) is 0 Å². The van der Waals surface area contributed by atoms with E-state index in [0.717, 1.165) is 18.8 Å². The highest BCUT2D eigenvalue weighted by atomic mass is 79.9. The van der Waals surface area contributed by atoms with E-state index in [-0.39, 0.29) is 0 Å². The second-order valence-electron chi connectivity index (χ2n) is 5.33. The number of thiophene rings is 1. The van der Waals surface area contributed by atoms with Crippen LogP contribution in [0.5, 0.6) is 0 Å². The number of hydrogen-bond donors (Lipinski definition) is 1. The van der Waals surface area contributed by atoms with E-state index in [1.54, 1.807) is 11.3 Å². The normalized spacial score (nSPS) is 11.4. The van der Waals surface area contributed by atoms with Crippen LogP contribution in [-0.2, 0) is 13.1 Å². The van der Waals surface area contributed by atoms with E-state index >= 15 is 0 Å². The number of halogens is 1. The molecule has 0 unspecified atom stereocenters. The maximum atomic E-state index is 6.20. The smallest absolute Gasteiger partial charge is 0.0701 e. The van der Waals surface area contributed by atoms with Crippen molar-refractivity contribution in [2.75, 3.05) is 12.8 Å². The summed E-state index contributed by atoms with van der Waals surface area (Å²) in [6.45, 7) is 1.78. The Morgan fingerprint density at radius 2 is 1.81 bits per heavy atom. The van der Waals surface area contributed by atoms with Gasteiger partial charge in [-0.3, -0.25) is 4.90 Å². The van der Waals surface area contributed by atoms with E-state index < -0.39 is 0 Å². The van der Waals surface area contributed by atoms with Gasteiger partial charge in [-0.2, -0.15) is 0 Å². The fourth-order valence-electron chi connectivity index (χ4n) is 2.53. The molecule has 0 amide bonds. The number of benzene rings is 2. The zero-order valence-corrected chi connectivity index (χ0v) is 14.2. The lowest BCUT2D eigenvalue weighted by Gasteiger charge is -2.18. The molecule has 0 atom stereocenters. The largest absolute Gasteiger partial charge is 0.398 e. The van der Waals surface area contributed by atoms with Crippen LogP contribution in [0.3, 0.4) is 0 Å². The van der Waals surface area contributed by atoms with Gasteiger partial charge in [-0.25, -0.2) is 0 Å². The number of fused-ring (bicyclic) bond motifs is 1. The number of nitrogens with zero attached hydrogens (tertiary/aromatic N) is 1. The molecule has 2 aromatic carbocycles. The van der Waals surface area contributed by atoms with Crippen molar-refractivity contribution in [3.05, 3.63) is 62.8 Å². The third-order valence-corrected chi connectivity index (χ3v) is 5.08. The van der Waals surface area contributed by atoms with Crippen molar-refractivity contribution >= 4 is 43.7 Å². The SMILES string of the molecule is CN(Cc1csc(Br)c1)Cc1cc2ccccc2cc1N. The Labute approximate surface area is 137 Å². The van der Waals surface area contributed by atoms with Gasteiger partial charge in [0.15, 0.2) is 0 Å². The van der Waals surface area contributed by atoms with Crippen LogP contribution in [0.1, 0.15) is 11.1 Å². The zero-order chi connectivity index (χ0) is 14.8. The lowest BCUT2D eigenvalue weighted by molar-refractivity contribution is 0.320. The quantitative estimate of drug-likeness (QED) is 0.671. The van der Waals surface area contributed by atoms with Crippen LogP contribution in [0.2, 0.25) is 0 Å². The minimum Gasteiger partial charge on any atom is -0.398 e. The Balaban J connectivity index is 1.79. The summed E-state index contributed by atoms with van der Waals surface area (Å²) in [5.74, 6) is 0. The molecule has 0 aliphatic heterocycles. The highest BCUT2D eigenvalue weighted by Gasteiger charge is 2.07. The first-order chi connectivity index (χ1) is 10.1. The molecular formula is C17H17BrN2S. The van der Waals surface area contributed by atoms with Gasteiger partial charge in [0.2, 0.25) is 0 Å². The van der Waals surface area contributed by atoms with Crippen LogP contribution in [0, 0.1) is 0 Å². The van der Waals surface area contributed by atoms with Gasteiger partial charge in [0.1, 0.15) is 0 Å². The summed E-state index contributed by atoms with van der Waals surface area (Å²) in [6.07, 6.45) is 0. The summed E-state index contributed by atoms with van der Waals surface area (Å²) in [5, 5.41) is 4.63. The highest BCUT2D eigenvalue weighted by Crippen LogP contribution is 2.25. The third kappa shape index (κ3) is 3.46. The van der Waals surface area contributed by atoms with Gasteiger partial charge in [-0.05, 0) is 68.5 Å². The molecule has 3 aromatic rings. The Bertz CT molecular complexity index is 766. The van der Waals surface area contributed by atoms with E-state index in [2.05, 4.69) is 69.7 Å². The number of nitrogens with two attached hydrogens (primary N) is 1. The van der Waals surface area contributed by atoms with Crippen molar-refractivity contribution in [1.82, 2.24) is 4.90 Å². The van der Waals surface area contributed by atoms with Crippen LogP contribution in [0.15, 0.2) is 51.6 Å². The summed E-state index contributed by atoms with van der Waals surface area (Å²) in [7, 11) is 2.13. The first-order valence-corrected chi connectivity index (χ1v) is 8.47. The highest BCUT2D eigenvalue weighted by molar-refractivity contribution is 9.11. The predicted molar refractivity (Wildman–Crippen MR) is 95.6 cm³/mol. The molecule has 0 fully saturated rings. The molecule has 0 radical (unpaired) electrons. The maximum Gasteiger partial charge on any atom is 0.0701 e. The van der Waals surface area contributed by atoms with E-state index in [1.165, 1.54) is 25.7 Å². The van der Waals surface area contributed by atoms with Gasteiger partial charge < -0.3 is 5.73 Å². The van der Waals surface area contributed by atoms with Crippen molar-refractivity contribution < 1.29 is 0 Å². The Kier molecular flexibility index (Phi) is 4.29. The molecule has 108 valence electrons. The van der Waals surface area contributed by atoms with Gasteiger partial charge in [0.05, 0.1) is 3.79 Å². The number of hydrogen-bond acceptors (Lipinski definition) is 3. The molecule has 0 bridgehead atoms. The molecule has 2 N–H and O–H groups in total. The zero-order valence-electron chi connectivity index (χ0n) is 11.8. The van der Waals surface area contributed by atoms with Gasteiger partial charge in [0, 0.05) is 18.8 Å². The average Bonchev–Trinajstić information content (AvgIpc) is 2.85. The van der Waals surface area contributed by atoms with E-state index in [9.17, 15) is 0 Å². The molecule has 0 aliphatic carbocycles. The fourth-order valence-corrected chi connectivity index (χ4v) is 3.73. The van der Waals surface area contributed by atoms with Crippen LogP contribution in [0.4, 0.5) is 5.69 Å². The lowest BCUT2D eigenvalue weighted by Crippen LogP contribution is -2.17. The summed E-state index contributed by atoms with van der Waals surface area (Å²) >= 11 is 5.23. The van der Waals surface area contributed by atoms with Crippen LogP contribution in [-0.4, -0.2) is 11.9 Å². The van der Waals surface area contributed by atoms with Gasteiger partial charge in [-0.1, -0.05) is 24.3 Å². The Morgan fingerprint density at radius 3 is 2.48 bits per heavy atom. The monoisotopic (exact) mass is 360 g/mol. The predicted octanol–water partition coefficient (Wildman–Crippen LogP) is 4.88. The first-order valence-electron chi connectivity index (χ1n) is 6.80. The molecule has 1 aromatic heterocycles. The summed E-state index contributed by atoms with van der Waals surface area (Å²) in [5.41, 5.74) is 9.58. The van der Waals surface area contributed by atoms with Gasteiger partial charge >= 0.3 is 0 Å². The number of anilines is 1. The van der Waals surface area contributed by atoms with Crippen LogP contribution < -0.4 is 5.73 Å². The van der Waals surface area contributed by atoms with Crippen molar-refractivity contribution in [3.8, 4) is 0 Å². The van der Waals surface area contributed by atoms with E-state index in [4.69, 9.17) is 5.73 Å². The Morgan fingerprint density at radius 1 is 1.10 bits per heavy atom. The van der Waals surface area contributed by atoms with Crippen molar-refractivity contribution in [1.29, 1.82) is 0 Å². The molecule has 2 nitrogen and oxygen atoms in total. The Hall–Kier alpha value is -1.36. The molecule has 0 spiro atoms. The lowest BCUT2D eigenvalue weighted by atomic mass is 10.0. The fraction of sp³-hybridized carbons (Fsp3) is 0.176. The molecule has 3 rings (SSSR count). The summed E-state index contributed by atoms with van der Waals surface area (Å²) in [6, 6.07) is 14.8. The minimum absolute atomic E-state index is 0.851. The molecule has 0 saturated carbocycles. The average molecular weight is 361 g/mol. The molecule has 4 heteroatoms. The number of nitrogen functional groups attached to an aromatic ring is 1. The van der Waals surface area contributed by atoms with Crippen LogP contribution in [0.25, 0.3) is 10.8 Å². The molecule has 1 heterocycles. The third-order valence-electron chi connectivity index (χ3n) is 3.52. The molecule has 0 aliphatic rings. The number of rotatable bonds is 4. The second kappa shape index (κ2) is 6.18. The molecular weight excluding hydrogens is 344 g/mol. The minimum atomic E-state index is 0.851. The summed E-state index contributed by atoms with van der Waals surface area (Å²) < 4.78 is 1.18. The first kappa shape index (κ1) is 14.6. The summed E-state index contributed by atoms with van der Waals surface area (Å²) in [4.78, 5) is 2.29. The topological polar surface area (TPSA) is 29.3 Å². The molecule has 0 saturated heterocycles. The van der Waals surface area contributed by atoms with Gasteiger partial charge in [0.25, 0.3) is 0 Å². The standard InChI is InChI=1S/C17H17BrN2S/c1-20(9-12-6-17(18)21-11-12)10-15-7-13-4-2-3-5-14(13)8-16(15)19/h2-8,11H,9-10,19H2,1H3. The second-order valence-corrected chi connectivity index (χ2v) is 7.62. The van der Waals surface area contributed by atoms with Crippen molar-refractivity contribution in [2.45, 2.75) is 13.1 Å². The van der Waals surface area contributed by atoms with E-state index in [1.807, 2.05) is 6.07 Å². The van der Waals surface area contributed by atoms with Crippen molar-refractivity contribution in [2.24, 2.45) is 0 Å². The maximum absolute atomic E-state index is 6.20. The molecule has 21 heavy (non-hydrogen) atoms. The van der Waals surface area contributed by atoms with Crippen LogP contribution >= 0.6 is 27.3 Å². The van der Waals surface area contributed by atoms with Crippen molar-refractivity contribution in [3.63, 3.8) is 0 Å². The van der Waals surface area contributed by atoms with Gasteiger partial charge in [-0.15, -0.1) is 11.3 Å².